The fourth-order valence-electron chi connectivity index (χ4n) is 3.23. The second-order valence-electron chi connectivity index (χ2n) is 6.69. The maximum atomic E-state index is 12.9. The summed E-state index contributed by atoms with van der Waals surface area (Å²) in [7, 11) is 4.71. The highest BCUT2D eigenvalue weighted by Gasteiger charge is 2.49. The summed E-state index contributed by atoms with van der Waals surface area (Å²) >= 11 is 0. The Morgan fingerprint density at radius 2 is 1.68 bits per heavy atom. The number of esters is 1. The van der Waals surface area contributed by atoms with Gasteiger partial charge in [-0.1, -0.05) is 18.2 Å². The van der Waals surface area contributed by atoms with Crippen LogP contribution in [0.3, 0.4) is 0 Å². The minimum Gasteiger partial charge on any atom is -0.493 e. The molecule has 0 N–H and O–H groups in total. The number of amides is 2. The van der Waals surface area contributed by atoms with E-state index in [1.807, 2.05) is 6.07 Å². The highest BCUT2D eigenvalue weighted by Crippen LogP contribution is 2.41. The third-order valence-electron chi connectivity index (χ3n) is 5.13. The molecule has 0 saturated heterocycles. The molecule has 0 bridgehead atoms. The quantitative estimate of drug-likeness (QED) is 0.448. The molecule has 0 aromatic heterocycles. The van der Waals surface area contributed by atoms with Crippen LogP contribution in [0.4, 0.5) is 10.5 Å². The summed E-state index contributed by atoms with van der Waals surface area (Å²) in [5, 5.41) is 0. The predicted molar refractivity (Wildman–Crippen MR) is 106 cm³/mol. The number of hydrogen-bond donors (Lipinski definition) is 0. The SMILES string of the molecule is COc1cc2c(cc1OC)[N+](C)(C(C)C(=O)Oc1ccccc1)C(=O)N=C2C. The van der Waals surface area contributed by atoms with Crippen LogP contribution in [0.15, 0.2) is 47.5 Å². The molecule has 7 heteroatoms. The van der Waals surface area contributed by atoms with E-state index in [1.54, 1.807) is 64.4 Å². The lowest BCUT2D eigenvalue weighted by atomic mass is 10.0. The van der Waals surface area contributed by atoms with Gasteiger partial charge in [-0.3, -0.25) is 0 Å². The van der Waals surface area contributed by atoms with Gasteiger partial charge in [-0.25, -0.2) is 9.59 Å². The van der Waals surface area contributed by atoms with Crippen LogP contribution < -0.4 is 18.7 Å². The number of carbonyl (C=O) groups is 2. The number of fused-ring (bicyclic) bond motifs is 1. The number of hydrogen-bond acceptors (Lipinski definition) is 5. The van der Waals surface area contributed by atoms with Crippen molar-refractivity contribution < 1.29 is 23.8 Å². The molecule has 2 aromatic carbocycles. The van der Waals surface area contributed by atoms with E-state index in [-0.39, 0.29) is 4.48 Å². The molecule has 0 radical (unpaired) electrons. The number of methoxy groups -OCH3 is 2. The molecule has 2 atom stereocenters. The maximum absolute atomic E-state index is 12.9. The Balaban J connectivity index is 2.07. The first-order chi connectivity index (χ1) is 13.3. The zero-order valence-corrected chi connectivity index (χ0v) is 16.6. The monoisotopic (exact) mass is 383 g/mol. The summed E-state index contributed by atoms with van der Waals surface area (Å²) in [6.45, 7) is 3.40. The smallest absolute Gasteiger partial charge is 0.448 e. The van der Waals surface area contributed by atoms with Crippen LogP contribution in [-0.2, 0) is 4.79 Å². The van der Waals surface area contributed by atoms with E-state index in [1.165, 1.54) is 7.11 Å². The Morgan fingerprint density at radius 1 is 1.07 bits per heavy atom. The lowest BCUT2D eigenvalue weighted by molar-refractivity contribution is -0.138. The summed E-state index contributed by atoms with van der Waals surface area (Å²) in [4.78, 5) is 29.9. The van der Waals surface area contributed by atoms with Crippen molar-refractivity contribution in [1.29, 1.82) is 0 Å². The molecule has 0 fully saturated rings. The topological polar surface area (TPSA) is 74.2 Å². The van der Waals surface area contributed by atoms with Gasteiger partial charge in [-0.15, -0.1) is 0 Å². The minimum absolute atomic E-state index is 0.362. The summed E-state index contributed by atoms with van der Waals surface area (Å²) in [5.41, 5.74) is 1.88. The van der Waals surface area contributed by atoms with Gasteiger partial charge in [0.1, 0.15) is 5.75 Å². The largest absolute Gasteiger partial charge is 0.493 e. The number of rotatable bonds is 5. The first kappa shape index (κ1) is 19.6. The summed E-state index contributed by atoms with van der Waals surface area (Å²) < 4.78 is 15.9. The predicted octanol–water partition coefficient (Wildman–Crippen LogP) is 3.58. The van der Waals surface area contributed by atoms with Gasteiger partial charge in [-0.05, 0) is 32.0 Å². The van der Waals surface area contributed by atoms with Crippen LogP contribution in [0.1, 0.15) is 19.4 Å². The van der Waals surface area contributed by atoms with Crippen LogP contribution in [-0.4, -0.2) is 45.0 Å². The van der Waals surface area contributed by atoms with E-state index in [4.69, 9.17) is 14.2 Å². The normalized spacial score (nSPS) is 19.3. The summed E-state index contributed by atoms with van der Waals surface area (Å²) in [6.07, 6.45) is 0. The lowest BCUT2D eigenvalue weighted by Gasteiger charge is -2.37. The van der Waals surface area contributed by atoms with Crippen molar-refractivity contribution in [3.63, 3.8) is 0 Å². The average Bonchev–Trinajstić information content (AvgIpc) is 2.71. The first-order valence-corrected chi connectivity index (χ1v) is 8.82. The molecular weight excluding hydrogens is 360 g/mol. The Labute approximate surface area is 163 Å². The first-order valence-electron chi connectivity index (χ1n) is 8.82. The molecule has 2 unspecified atom stereocenters. The van der Waals surface area contributed by atoms with Crippen molar-refractivity contribution in [2.24, 2.45) is 4.99 Å². The van der Waals surface area contributed by atoms with Crippen molar-refractivity contribution in [3.05, 3.63) is 48.0 Å². The van der Waals surface area contributed by atoms with Gasteiger partial charge in [-0.2, -0.15) is 9.48 Å². The number of nitrogens with zero attached hydrogens (tertiary/aromatic N) is 2. The third kappa shape index (κ3) is 3.14. The second kappa shape index (κ2) is 7.44. The van der Waals surface area contributed by atoms with Crippen LogP contribution in [0.2, 0.25) is 0 Å². The number of quaternary nitrogens is 1. The maximum Gasteiger partial charge on any atom is 0.448 e. The molecule has 1 heterocycles. The Morgan fingerprint density at radius 3 is 2.29 bits per heavy atom. The molecule has 0 saturated carbocycles. The fraction of sp³-hybridized carbons (Fsp3) is 0.286. The third-order valence-corrected chi connectivity index (χ3v) is 5.13. The zero-order chi connectivity index (χ0) is 20.5. The highest BCUT2D eigenvalue weighted by atomic mass is 16.5. The van der Waals surface area contributed by atoms with E-state index >= 15 is 0 Å². The van der Waals surface area contributed by atoms with Crippen LogP contribution in [0.25, 0.3) is 0 Å². The van der Waals surface area contributed by atoms with Gasteiger partial charge in [0, 0.05) is 6.07 Å². The molecule has 28 heavy (non-hydrogen) atoms. The van der Waals surface area contributed by atoms with E-state index < -0.39 is 18.0 Å². The van der Waals surface area contributed by atoms with Gasteiger partial charge in [0.25, 0.3) is 0 Å². The minimum atomic E-state index is -0.832. The van der Waals surface area contributed by atoms with Crippen molar-refractivity contribution in [3.8, 4) is 17.2 Å². The number of aliphatic imine (C=N–C) groups is 1. The van der Waals surface area contributed by atoms with Crippen molar-refractivity contribution in [2.75, 3.05) is 21.3 Å². The van der Waals surface area contributed by atoms with Gasteiger partial charge in [0.15, 0.2) is 23.2 Å². The molecule has 1 aliphatic heterocycles. The number of ether oxygens (including phenoxy) is 3. The molecule has 7 nitrogen and oxygen atoms in total. The number of urea groups is 1. The highest BCUT2D eigenvalue weighted by molar-refractivity contribution is 6.15. The molecular formula is C21H23N2O5+. The number of carbonyl (C=O) groups excluding carboxylic acids is 2. The zero-order valence-electron chi connectivity index (χ0n) is 16.6. The molecule has 1 aliphatic rings. The molecule has 2 amide bonds. The Kier molecular flexibility index (Phi) is 5.20. The number of benzene rings is 2. The lowest BCUT2D eigenvalue weighted by Crippen LogP contribution is -2.61. The van der Waals surface area contributed by atoms with Crippen LogP contribution in [0.5, 0.6) is 17.2 Å². The molecule has 0 spiro atoms. The fourth-order valence-corrected chi connectivity index (χ4v) is 3.23. The summed E-state index contributed by atoms with van der Waals surface area (Å²) in [6, 6.07) is 11.0. The van der Waals surface area contributed by atoms with E-state index in [2.05, 4.69) is 4.99 Å². The average molecular weight is 383 g/mol. The van der Waals surface area contributed by atoms with Crippen molar-refractivity contribution in [2.45, 2.75) is 19.9 Å². The molecule has 0 aliphatic carbocycles. The Bertz CT molecular complexity index is 955. The van der Waals surface area contributed by atoms with Gasteiger partial charge >= 0.3 is 12.0 Å². The number of likely N-dealkylation sites (N-methyl/N-ethyl adjacent to an activating group) is 1. The van der Waals surface area contributed by atoms with E-state index in [9.17, 15) is 9.59 Å². The molecule has 2 aromatic rings. The van der Waals surface area contributed by atoms with Crippen molar-refractivity contribution in [1.82, 2.24) is 4.48 Å². The molecule has 3 rings (SSSR count). The van der Waals surface area contributed by atoms with E-state index in [0.717, 1.165) is 5.56 Å². The van der Waals surface area contributed by atoms with Gasteiger partial charge in [0.05, 0.1) is 32.5 Å². The molecule has 146 valence electrons. The van der Waals surface area contributed by atoms with Crippen LogP contribution >= 0.6 is 0 Å². The van der Waals surface area contributed by atoms with Crippen molar-refractivity contribution >= 4 is 23.4 Å². The van der Waals surface area contributed by atoms with Gasteiger partial charge in [0.2, 0.25) is 0 Å². The Hall–Kier alpha value is -3.19. The van der Waals surface area contributed by atoms with Gasteiger partial charge < -0.3 is 14.2 Å². The van der Waals surface area contributed by atoms with E-state index in [0.29, 0.717) is 28.6 Å². The second-order valence-corrected chi connectivity index (χ2v) is 6.69. The summed E-state index contributed by atoms with van der Waals surface area (Å²) in [5.74, 6) is 0.883. The standard InChI is InChI=1S/C21H23N2O5/c1-13-16-11-18(26-4)19(27-5)12-17(16)23(3,21(25)22-13)14(2)20(24)28-15-9-7-6-8-10-15/h6-12,14H,1-5H3/q+1. The van der Waals surface area contributed by atoms with Crippen LogP contribution in [0, 0.1) is 0 Å². The number of para-hydroxylation sites is 1.